The van der Waals surface area contributed by atoms with Crippen LogP contribution < -0.4 is 16.0 Å². The number of hydrogen-bond acceptors (Lipinski definition) is 3. The molecule has 0 atom stereocenters. The molecule has 0 aliphatic carbocycles. The van der Waals surface area contributed by atoms with E-state index in [-0.39, 0.29) is 5.56 Å². The first-order valence-corrected chi connectivity index (χ1v) is 7.75. The molecular weight excluding hydrogens is 288 g/mol. The topological polar surface area (TPSA) is 57.2 Å². The fraction of sp³-hybridized carbons (Fsp3) is 0.211. The summed E-state index contributed by atoms with van der Waals surface area (Å²) in [4.78, 5) is 12.7. The maximum atomic E-state index is 12.7. The summed E-state index contributed by atoms with van der Waals surface area (Å²) in [6, 6.07) is 15.6. The van der Waals surface area contributed by atoms with E-state index >= 15 is 0 Å². The standard InChI is InChI=1S/C19H20N2O2/c1-2-23-17-8-7-16-9-10-21(19(22)18(16)11-17)13-15-5-3-14(12-20)4-6-15/h3-11H,2,12-13,20H2,1H3. The second-order valence-corrected chi connectivity index (χ2v) is 5.45. The van der Waals surface area contributed by atoms with Gasteiger partial charge in [-0.25, -0.2) is 0 Å². The molecule has 4 nitrogen and oxygen atoms in total. The molecule has 4 heteroatoms. The Morgan fingerprint density at radius 2 is 1.78 bits per heavy atom. The van der Waals surface area contributed by atoms with Crippen molar-refractivity contribution >= 4 is 10.8 Å². The largest absolute Gasteiger partial charge is 0.494 e. The Kier molecular flexibility index (Phi) is 4.44. The van der Waals surface area contributed by atoms with E-state index in [1.165, 1.54) is 0 Å². The van der Waals surface area contributed by atoms with E-state index in [9.17, 15) is 4.79 Å². The molecule has 2 N–H and O–H groups in total. The van der Waals surface area contributed by atoms with Crippen LogP contribution in [-0.4, -0.2) is 11.2 Å². The van der Waals surface area contributed by atoms with Gasteiger partial charge in [0.05, 0.1) is 18.5 Å². The van der Waals surface area contributed by atoms with Gasteiger partial charge in [0.2, 0.25) is 0 Å². The summed E-state index contributed by atoms with van der Waals surface area (Å²) < 4.78 is 7.21. The van der Waals surface area contributed by atoms with Gasteiger partial charge in [-0.05, 0) is 41.6 Å². The van der Waals surface area contributed by atoms with Crippen LogP contribution in [0.1, 0.15) is 18.1 Å². The van der Waals surface area contributed by atoms with Crippen LogP contribution in [0.25, 0.3) is 10.8 Å². The lowest BCUT2D eigenvalue weighted by molar-refractivity contribution is 0.340. The number of benzene rings is 2. The van der Waals surface area contributed by atoms with Crippen molar-refractivity contribution in [1.82, 2.24) is 4.57 Å². The fourth-order valence-electron chi connectivity index (χ4n) is 2.62. The Morgan fingerprint density at radius 1 is 1.04 bits per heavy atom. The molecule has 0 aliphatic heterocycles. The van der Waals surface area contributed by atoms with E-state index in [1.807, 2.05) is 61.7 Å². The maximum Gasteiger partial charge on any atom is 0.258 e. The number of ether oxygens (including phenoxy) is 1. The molecule has 1 heterocycles. The van der Waals surface area contributed by atoms with Crippen molar-refractivity contribution in [3.05, 3.63) is 76.2 Å². The third-order valence-corrected chi connectivity index (χ3v) is 3.87. The van der Waals surface area contributed by atoms with Crippen LogP contribution in [0.15, 0.2) is 59.5 Å². The third kappa shape index (κ3) is 3.27. The average Bonchev–Trinajstić information content (AvgIpc) is 2.59. The Bertz CT molecular complexity index is 867. The molecule has 0 fully saturated rings. The van der Waals surface area contributed by atoms with Gasteiger partial charge in [-0.1, -0.05) is 30.3 Å². The first-order chi connectivity index (χ1) is 11.2. The number of nitrogens with two attached hydrogens (primary N) is 1. The van der Waals surface area contributed by atoms with Crippen molar-refractivity contribution in [1.29, 1.82) is 0 Å². The number of pyridine rings is 1. The molecule has 0 aliphatic rings. The summed E-state index contributed by atoms with van der Waals surface area (Å²) in [5.41, 5.74) is 7.76. The highest BCUT2D eigenvalue weighted by Gasteiger charge is 2.05. The van der Waals surface area contributed by atoms with Gasteiger partial charge in [0, 0.05) is 12.7 Å². The van der Waals surface area contributed by atoms with Crippen LogP contribution in [0.5, 0.6) is 5.75 Å². The van der Waals surface area contributed by atoms with Crippen LogP contribution in [0, 0.1) is 0 Å². The van der Waals surface area contributed by atoms with E-state index in [0.29, 0.717) is 25.1 Å². The van der Waals surface area contributed by atoms with Gasteiger partial charge < -0.3 is 15.0 Å². The second-order valence-electron chi connectivity index (χ2n) is 5.45. The molecule has 0 amide bonds. The van der Waals surface area contributed by atoms with E-state index in [0.717, 1.165) is 22.3 Å². The van der Waals surface area contributed by atoms with Gasteiger partial charge in [0.15, 0.2) is 0 Å². The van der Waals surface area contributed by atoms with Gasteiger partial charge >= 0.3 is 0 Å². The summed E-state index contributed by atoms with van der Waals surface area (Å²) in [5.74, 6) is 0.724. The first-order valence-electron chi connectivity index (χ1n) is 7.75. The molecule has 0 spiro atoms. The molecule has 3 rings (SSSR count). The quantitative estimate of drug-likeness (QED) is 0.788. The SMILES string of the molecule is CCOc1ccc2ccn(Cc3ccc(CN)cc3)c(=O)c2c1. The molecule has 2 aromatic carbocycles. The van der Waals surface area contributed by atoms with Crippen molar-refractivity contribution in [2.24, 2.45) is 5.73 Å². The van der Waals surface area contributed by atoms with Crippen LogP contribution in [0.2, 0.25) is 0 Å². The van der Waals surface area contributed by atoms with Crippen LogP contribution >= 0.6 is 0 Å². The minimum Gasteiger partial charge on any atom is -0.494 e. The van der Waals surface area contributed by atoms with Gasteiger partial charge in [0.1, 0.15) is 5.75 Å². The lowest BCUT2D eigenvalue weighted by atomic mass is 10.1. The zero-order chi connectivity index (χ0) is 16.2. The number of hydrogen-bond donors (Lipinski definition) is 1. The zero-order valence-corrected chi connectivity index (χ0v) is 13.2. The highest BCUT2D eigenvalue weighted by molar-refractivity contribution is 5.82. The van der Waals surface area contributed by atoms with Gasteiger partial charge in [-0.3, -0.25) is 4.79 Å². The Morgan fingerprint density at radius 3 is 2.48 bits per heavy atom. The Labute approximate surface area is 135 Å². The highest BCUT2D eigenvalue weighted by Crippen LogP contribution is 2.18. The lowest BCUT2D eigenvalue weighted by Gasteiger charge is -2.09. The van der Waals surface area contributed by atoms with Crippen molar-refractivity contribution in [3.63, 3.8) is 0 Å². The molecule has 0 unspecified atom stereocenters. The minimum atomic E-state index is -0.00745. The van der Waals surface area contributed by atoms with E-state index < -0.39 is 0 Å². The summed E-state index contributed by atoms with van der Waals surface area (Å²) in [5, 5.41) is 1.60. The van der Waals surface area contributed by atoms with Crippen molar-refractivity contribution in [3.8, 4) is 5.75 Å². The number of nitrogens with zero attached hydrogens (tertiary/aromatic N) is 1. The van der Waals surface area contributed by atoms with Crippen molar-refractivity contribution in [2.45, 2.75) is 20.0 Å². The Hall–Kier alpha value is -2.59. The summed E-state index contributed by atoms with van der Waals surface area (Å²) in [6.07, 6.45) is 1.84. The second kappa shape index (κ2) is 6.67. The molecule has 23 heavy (non-hydrogen) atoms. The number of aromatic nitrogens is 1. The zero-order valence-electron chi connectivity index (χ0n) is 13.2. The smallest absolute Gasteiger partial charge is 0.258 e. The highest BCUT2D eigenvalue weighted by atomic mass is 16.5. The molecule has 1 aromatic heterocycles. The van der Waals surface area contributed by atoms with Gasteiger partial charge in [-0.15, -0.1) is 0 Å². The van der Waals surface area contributed by atoms with E-state index in [4.69, 9.17) is 10.5 Å². The van der Waals surface area contributed by atoms with Crippen molar-refractivity contribution in [2.75, 3.05) is 6.61 Å². The lowest BCUT2D eigenvalue weighted by Crippen LogP contribution is -2.20. The number of rotatable bonds is 5. The summed E-state index contributed by atoms with van der Waals surface area (Å²) in [7, 11) is 0. The van der Waals surface area contributed by atoms with Crippen LogP contribution in [-0.2, 0) is 13.1 Å². The molecule has 0 radical (unpaired) electrons. The molecule has 118 valence electrons. The van der Waals surface area contributed by atoms with E-state index in [1.54, 1.807) is 4.57 Å². The third-order valence-electron chi connectivity index (χ3n) is 3.87. The first kappa shape index (κ1) is 15.3. The molecule has 0 saturated carbocycles. The minimum absolute atomic E-state index is 0.00745. The monoisotopic (exact) mass is 308 g/mol. The molecule has 3 aromatic rings. The summed E-state index contributed by atoms with van der Waals surface area (Å²) >= 11 is 0. The molecule has 0 saturated heterocycles. The number of fused-ring (bicyclic) bond motifs is 1. The van der Waals surface area contributed by atoms with Crippen LogP contribution in [0.3, 0.4) is 0 Å². The normalized spacial score (nSPS) is 10.9. The van der Waals surface area contributed by atoms with Crippen molar-refractivity contribution < 1.29 is 4.74 Å². The van der Waals surface area contributed by atoms with Gasteiger partial charge in [-0.2, -0.15) is 0 Å². The Balaban J connectivity index is 1.96. The van der Waals surface area contributed by atoms with Crippen LogP contribution in [0.4, 0.5) is 0 Å². The average molecular weight is 308 g/mol. The maximum absolute atomic E-state index is 12.7. The molecular formula is C19H20N2O2. The van der Waals surface area contributed by atoms with Gasteiger partial charge in [0.25, 0.3) is 5.56 Å². The predicted molar refractivity (Wildman–Crippen MR) is 92.8 cm³/mol. The van der Waals surface area contributed by atoms with E-state index in [2.05, 4.69) is 0 Å². The summed E-state index contributed by atoms with van der Waals surface area (Å²) in [6.45, 7) is 3.58. The molecule has 0 bridgehead atoms. The fourth-order valence-corrected chi connectivity index (χ4v) is 2.62. The predicted octanol–water partition coefficient (Wildman–Crippen LogP) is 2.91.